The van der Waals surface area contributed by atoms with Crippen molar-refractivity contribution in [2.75, 3.05) is 19.3 Å². The molecule has 0 aliphatic carbocycles. The zero-order valence-electron chi connectivity index (χ0n) is 16.9. The van der Waals surface area contributed by atoms with Crippen LogP contribution in [0.3, 0.4) is 0 Å². The Labute approximate surface area is 193 Å². The van der Waals surface area contributed by atoms with Gasteiger partial charge in [-0.05, 0) is 6.42 Å². The molecule has 0 saturated heterocycles. The molecule has 0 radical (unpaired) electrons. The van der Waals surface area contributed by atoms with Gasteiger partial charge in [-0.2, -0.15) is 8.42 Å². The van der Waals surface area contributed by atoms with Crippen molar-refractivity contribution >= 4 is 16.0 Å². The van der Waals surface area contributed by atoms with E-state index in [4.69, 9.17) is 4.55 Å². The maximum absolute atomic E-state index is 11.8. The molecule has 0 aliphatic heterocycles. The molecular formula is C17H36KNO4S. The largest absolute Gasteiger partial charge is 1.00 e. The maximum atomic E-state index is 11.8. The molecule has 0 bridgehead atoms. The van der Waals surface area contributed by atoms with Gasteiger partial charge in [0.1, 0.15) is 0 Å². The molecule has 5 nitrogen and oxygen atoms in total. The third kappa shape index (κ3) is 19.3. The quantitative estimate of drug-likeness (QED) is 0.259. The number of amides is 1. The van der Waals surface area contributed by atoms with Crippen LogP contribution in [-0.2, 0) is 14.9 Å². The average molecular weight is 390 g/mol. The van der Waals surface area contributed by atoms with Gasteiger partial charge in [-0.15, -0.1) is 0 Å². The standard InChI is InChI=1S/C17H35NO4S.K.H/c1-3-4-5-6-7-8-9-10-11-12-13-14-17(19)18(2)15-16-23(20,21)22;;/h3-16H2,1-2H3,(H,20,21,22);;/q;+1;-1. The Balaban J connectivity index is -0.00000242. The Morgan fingerprint density at radius 2 is 1.33 bits per heavy atom. The van der Waals surface area contributed by atoms with E-state index < -0.39 is 15.9 Å². The first-order chi connectivity index (χ1) is 10.9. The normalized spacial score (nSPS) is 11.1. The molecule has 0 aromatic carbocycles. The maximum Gasteiger partial charge on any atom is 1.00 e. The monoisotopic (exact) mass is 389 g/mol. The second kappa shape index (κ2) is 17.4. The molecule has 0 aromatic heterocycles. The van der Waals surface area contributed by atoms with Crippen LogP contribution in [0.2, 0.25) is 0 Å². The van der Waals surface area contributed by atoms with Gasteiger partial charge in [0.2, 0.25) is 5.91 Å². The molecule has 0 rings (SSSR count). The predicted octanol–water partition coefficient (Wildman–Crippen LogP) is 1.15. The number of nitrogens with zero attached hydrogens (tertiary/aromatic N) is 1. The van der Waals surface area contributed by atoms with Gasteiger partial charge >= 0.3 is 51.4 Å². The zero-order chi connectivity index (χ0) is 17.6. The number of hydrogen-bond donors (Lipinski definition) is 1. The number of carbonyl (C=O) groups is 1. The van der Waals surface area contributed by atoms with Crippen molar-refractivity contribution in [3.8, 4) is 0 Å². The van der Waals surface area contributed by atoms with E-state index in [1.165, 1.54) is 56.3 Å². The molecule has 1 amide bonds. The van der Waals surface area contributed by atoms with Gasteiger partial charge in [0.15, 0.2) is 0 Å². The second-order valence-electron chi connectivity index (χ2n) is 6.39. The zero-order valence-corrected chi connectivity index (χ0v) is 19.9. The van der Waals surface area contributed by atoms with Crippen molar-refractivity contribution in [1.82, 2.24) is 4.90 Å². The summed E-state index contributed by atoms with van der Waals surface area (Å²) in [7, 11) is -2.42. The molecule has 0 fully saturated rings. The molecule has 24 heavy (non-hydrogen) atoms. The van der Waals surface area contributed by atoms with Crippen LogP contribution in [0.15, 0.2) is 0 Å². The first kappa shape index (κ1) is 27.2. The molecule has 0 heterocycles. The third-order valence-corrected chi connectivity index (χ3v) is 4.80. The summed E-state index contributed by atoms with van der Waals surface area (Å²) in [6.45, 7) is 2.28. The van der Waals surface area contributed by atoms with Crippen molar-refractivity contribution < 1.29 is 70.6 Å². The summed E-state index contributed by atoms with van der Waals surface area (Å²) in [5, 5.41) is 0. The minimum absolute atomic E-state index is 0. The Hall–Kier alpha value is 1.02. The van der Waals surface area contributed by atoms with Crippen LogP contribution in [0, 0.1) is 0 Å². The van der Waals surface area contributed by atoms with Gasteiger partial charge in [0.25, 0.3) is 10.1 Å². The van der Waals surface area contributed by atoms with E-state index in [0.29, 0.717) is 6.42 Å². The van der Waals surface area contributed by atoms with E-state index in [0.717, 1.165) is 19.3 Å². The van der Waals surface area contributed by atoms with Gasteiger partial charge in [0.05, 0.1) is 5.75 Å². The molecule has 0 aromatic rings. The fourth-order valence-corrected chi connectivity index (χ4v) is 3.01. The number of carbonyl (C=O) groups excluding carboxylic acids is 1. The summed E-state index contributed by atoms with van der Waals surface area (Å²) >= 11 is 0. The fraction of sp³-hybridized carbons (Fsp3) is 0.941. The smallest absolute Gasteiger partial charge is 1.00 e. The van der Waals surface area contributed by atoms with Crippen LogP contribution in [0.5, 0.6) is 0 Å². The molecule has 0 aliphatic rings. The van der Waals surface area contributed by atoms with Gasteiger partial charge < -0.3 is 6.33 Å². The average Bonchev–Trinajstić information content (AvgIpc) is 2.49. The molecule has 0 atom stereocenters. The second-order valence-corrected chi connectivity index (χ2v) is 7.96. The van der Waals surface area contributed by atoms with E-state index >= 15 is 0 Å². The Kier molecular flexibility index (Phi) is 19.8. The van der Waals surface area contributed by atoms with E-state index in [1.54, 1.807) is 7.05 Å². The predicted molar refractivity (Wildman–Crippen MR) is 96.2 cm³/mol. The summed E-state index contributed by atoms with van der Waals surface area (Å²) in [5.74, 6) is -0.447. The number of hydrogen-bond acceptors (Lipinski definition) is 3. The molecule has 0 spiro atoms. The first-order valence-electron chi connectivity index (χ1n) is 9.06. The molecular weight excluding hydrogens is 353 g/mol. The van der Waals surface area contributed by atoms with Crippen LogP contribution in [0.4, 0.5) is 0 Å². The molecule has 1 N–H and O–H groups in total. The van der Waals surface area contributed by atoms with Crippen LogP contribution < -0.4 is 51.4 Å². The minimum Gasteiger partial charge on any atom is -1.00 e. The minimum atomic E-state index is -3.99. The summed E-state index contributed by atoms with van der Waals surface area (Å²) in [6.07, 6.45) is 14.1. The van der Waals surface area contributed by atoms with E-state index in [9.17, 15) is 13.2 Å². The fourth-order valence-electron chi connectivity index (χ4n) is 2.51. The van der Waals surface area contributed by atoms with Gasteiger partial charge in [-0.25, -0.2) is 0 Å². The number of unbranched alkanes of at least 4 members (excludes halogenated alkanes) is 10. The summed E-state index contributed by atoms with van der Waals surface area (Å²) in [5.41, 5.74) is 0. The Morgan fingerprint density at radius 3 is 1.75 bits per heavy atom. The summed E-state index contributed by atoms with van der Waals surface area (Å²) in [4.78, 5) is 13.1. The van der Waals surface area contributed by atoms with Crippen LogP contribution in [0.25, 0.3) is 0 Å². The van der Waals surface area contributed by atoms with Crippen LogP contribution >= 0.6 is 0 Å². The molecule has 140 valence electrons. The van der Waals surface area contributed by atoms with Crippen LogP contribution in [0.1, 0.15) is 85.4 Å². The van der Waals surface area contributed by atoms with Crippen molar-refractivity contribution in [1.29, 1.82) is 0 Å². The van der Waals surface area contributed by atoms with Crippen molar-refractivity contribution in [2.24, 2.45) is 0 Å². The van der Waals surface area contributed by atoms with Crippen LogP contribution in [-0.4, -0.2) is 43.1 Å². The summed E-state index contributed by atoms with van der Waals surface area (Å²) in [6, 6.07) is 0. The summed E-state index contributed by atoms with van der Waals surface area (Å²) < 4.78 is 29.9. The third-order valence-electron chi connectivity index (χ3n) is 4.10. The Bertz CT molecular complexity index is 407. The first-order valence-corrected chi connectivity index (χ1v) is 10.7. The molecule has 7 heteroatoms. The Morgan fingerprint density at radius 1 is 0.917 bits per heavy atom. The van der Waals surface area contributed by atoms with Gasteiger partial charge in [-0.3, -0.25) is 9.35 Å². The van der Waals surface area contributed by atoms with Crippen molar-refractivity contribution in [2.45, 2.75) is 84.0 Å². The van der Waals surface area contributed by atoms with E-state index in [2.05, 4.69) is 6.92 Å². The van der Waals surface area contributed by atoms with Crippen molar-refractivity contribution in [3.63, 3.8) is 0 Å². The SMILES string of the molecule is CCCCCCCCCCCCCC(=O)N(C)CCS(=O)(=O)O.[H-].[K+]. The van der Waals surface area contributed by atoms with Crippen molar-refractivity contribution in [3.05, 3.63) is 0 Å². The van der Waals surface area contributed by atoms with Gasteiger partial charge in [-0.1, -0.05) is 71.1 Å². The molecule has 0 unspecified atom stereocenters. The molecule has 0 saturated carbocycles. The van der Waals surface area contributed by atoms with E-state index in [-0.39, 0.29) is 65.3 Å². The number of rotatable bonds is 15. The topological polar surface area (TPSA) is 74.7 Å². The van der Waals surface area contributed by atoms with Gasteiger partial charge in [0, 0.05) is 20.0 Å². The van der Waals surface area contributed by atoms with E-state index in [1.807, 2.05) is 0 Å².